The van der Waals surface area contributed by atoms with Crippen molar-refractivity contribution in [3.05, 3.63) is 84.4 Å². The Morgan fingerprint density at radius 3 is 2.41 bits per heavy atom. The van der Waals surface area contributed by atoms with Crippen LogP contribution in [-0.4, -0.2) is 25.3 Å². The number of para-hydroxylation sites is 1. The summed E-state index contributed by atoms with van der Waals surface area (Å²) in [5.41, 5.74) is 5.32. The molecule has 0 saturated carbocycles. The van der Waals surface area contributed by atoms with Gasteiger partial charge in [-0.15, -0.1) is 0 Å². The molecule has 0 aliphatic heterocycles. The van der Waals surface area contributed by atoms with Gasteiger partial charge in [0.05, 0.1) is 12.8 Å². The Balaban J connectivity index is 1.51. The summed E-state index contributed by atoms with van der Waals surface area (Å²) >= 11 is 0. The molecule has 0 unspecified atom stereocenters. The molecule has 0 fully saturated rings. The molecule has 0 saturated heterocycles. The highest BCUT2D eigenvalue weighted by Crippen LogP contribution is 2.29. The Morgan fingerprint density at radius 1 is 0.931 bits per heavy atom. The van der Waals surface area contributed by atoms with E-state index in [9.17, 15) is 4.79 Å². The van der Waals surface area contributed by atoms with Gasteiger partial charge in [-0.1, -0.05) is 55.5 Å². The fourth-order valence-corrected chi connectivity index (χ4v) is 2.67. The number of rotatable bonds is 9. The number of hydrazone groups is 1. The third-order valence-corrected chi connectivity index (χ3v) is 4.09. The van der Waals surface area contributed by atoms with Gasteiger partial charge in [0, 0.05) is 5.56 Å². The van der Waals surface area contributed by atoms with Crippen molar-refractivity contribution >= 4 is 12.1 Å². The monoisotopic (exact) mass is 388 g/mol. The molecule has 0 aromatic heterocycles. The van der Waals surface area contributed by atoms with E-state index in [0.29, 0.717) is 12.4 Å². The van der Waals surface area contributed by atoms with Crippen LogP contribution in [0.15, 0.2) is 84.0 Å². The van der Waals surface area contributed by atoms with E-state index in [-0.39, 0.29) is 12.5 Å². The molecule has 0 radical (unpaired) electrons. The van der Waals surface area contributed by atoms with E-state index in [2.05, 4.69) is 17.5 Å². The fourth-order valence-electron chi connectivity index (χ4n) is 2.67. The zero-order chi connectivity index (χ0) is 20.3. The summed E-state index contributed by atoms with van der Waals surface area (Å²) in [5, 5.41) is 3.98. The predicted molar refractivity (Wildman–Crippen MR) is 115 cm³/mol. The molecule has 3 aromatic rings. The second-order valence-corrected chi connectivity index (χ2v) is 6.36. The zero-order valence-electron chi connectivity index (χ0n) is 16.4. The van der Waals surface area contributed by atoms with E-state index in [1.165, 1.54) is 0 Å². The van der Waals surface area contributed by atoms with E-state index in [4.69, 9.17) is 9.47 Å². The van der Waals surface area contributed by atoms with Gasteiger partial charge in [0.1, 0.15) is 11.5 Å². The molecule has 1 N–H and O–H groups in total. The molecule has 3 aromatic carbocycles. The van der Waals surface area contributed by atoms with Crippen LogP contribution >= 0.6 is 0 Å². The summed E-state index contributed by atoms with van der Waals surface area (Å²) in [6.07, 6.45) is 2.55. The Hall–Kier alpha value is -3.60. The maximum Gasteiger partial charge on any atom is 0.277 e. The largest absolute Gasteiger partial charge is 0.494 e. The zero-order valence-corrected chi connectivity index (χ0v) is 16.4. The topological polar surface area (TPSA) is 59.9 Å². The van der Waals surface area contributed by atoms with Crippen LogP contribution < -0.4 is 14.9 Å². The molecule has 29 heavy (non-hydrogen) atoms. The second-order valence-electron chi connectivity index (χ2n) is 6.36. The van der Waals surface area contributed by atoms with Crippen molar-refractivity contribution in [1.29, 1.82) is 0 Å². The van der Waals surface area contributed by atoms with E-state index >= 15 is 0 Å². The lowest BCUT2D eigenvalue weighted by Gasteiger charge is -2.10. The normalized spacial score (nSPS) is 10.7. The Morgan fingerprint density at radius 2 is 1.66 bits per heavy atom. The van der Waals surface area contributed by atoms with Gasteiger partial charge in [0.15, 0.2) is 6.61 Å². The number of nitrogens with one attached hydrogen (secondary N) is 1. The lowest BCUT2D eigenvalue weighted by atomic mass is 10.1. The van der Waals surface area contributed by atoms with Crippen molar-refractivity contribution in [2.75, 3.05) is 13.2 Å². The van der Waals surface area contributed by atoms with Crippen LogP contribution in [0, 0.1) is 0 Å². The van der Waals surface area contributed by atoms with Crippen LogP contribution in [0.4, 0.5) is 0 Å². The summed E-state index contributed by atoms with van der Waals surface area (Å²) in [5.74, 6) is 1.14. The molecular weight excluding hydrogens is 364 g/mol. The Labute approximate surface area is 171 Å². The minimum absolute atomic E-state index is 0.120. The van der Waals surface area contributed by atoms with Crippen LogP contribution in [0.1, 0.15) is 18.9 Å². The van der Waals surface area contributed by atoms with Crippen LogP contribution in [0.2, 0.25) is 0 Å². The highest BCUT2D eigenvalue weighted by atomic mass is 16.5. The SMILES string of the molecule is CCCOc1ccc(/C=N/NC(=O)COc2ccccc2-c2ccccc2)cc1. The first-order valence-corrected chi connectivity index (χ1v) is 9.58. The standard InChI is InChI=1S/C24H24N2O3/c1-2-16-28-21-14-12-19(13-15-21)17-25-26-24(27)18-29-23-11-7-6-10-22(23)20-8-4-3-5-9-20/h3-15,17H,2,16,18H2,1H3,(H,26,27)/b25-17+. The summed E-state index contributed by atoms with van der Waals surface area (Å²) in [6, 6.07) is 25.1. The summed E-state index contributed by atoms with van der Waals surface area (Å²) < 4.78 is 11.2. The molecule has 5 heteroatoms. The molecule has 5 nitrogen and oxygen atoms in total. The maximum absolute atomic E-state index is 12.1. The molecular formula is C24H24N2O3. The Kier molecular flexibility index (Phi) is 7.41. The molecule has 1 amide bonds. The van der Waals surface area contributed by atoms with Gasteiger partial charge < -0.3 is 9.47 Å². The molecule has 148 valence electrons. The molecule has 0 bridgehead atoms. The molecule has 0 aliphatic rings. The molecule has 0 spiro atoms. The predicted octanol–water partition coefficient (Wildman–Crippen LogP) is 4.67. The number of carbonyl (C=O) groups excluding carboxylic acids is 1. The number of benzene rings is 3. The van der Waals surface area contributed by atoms with Crippen LogP contribution in [-0.2, 0) is 4.79 Å². The van der Waals surface area contributed by atoms with E-state index in [1.54, 1.807) is 6.21 Å². The second kappa shape index (κ2) is 10.7. The van der Waals surface area contributed by atoms with Gasteiger partial charge in [-0.25, -0.2) is 5.43 Å². The van der Waals surface area contributed by atoms with Crippen LogP contribution in [0.5, 0.6) is 11.5 Å². The number of amides is 1. The minimum atomic E-state index is -0.327. The van der Waals surface area contributed by atoms with Crippen LogP contribution in [0.25, 0.3) is 11.1 Å². The molecule has 3 rings (SSSR count). The molecule has 0 heterocycles. The first-order valence-electron chi connectivity index (χ1n) is 9.58. The van der Waals surface area contributed by atoms with Crippen molar-refractivity contribution in [2.45, 2.75) is 13.3 Å². The molecule has 0 atom stereocenters. The fraction of sp³-hybridized carbons (Fsp3) is 0.167. The lowest BCUT2D eigenvalue weighted by molar-refractivity contribution is -0.123. The highest BCUT2D eigenvalue weighted by Gasteiger charge is 2.07. The van der Waals surface area contributed by atoms with Gasteiger partial charge in [-0.3, -0.25) is 4.79 Å². The smallest absolute Gasteiger partial charge is 0.277 e. The minimum Gasteiger partial charge on any atom is -0.494 e. The van der Waals surface area contributed by atoms with Gasteiger partial charge in [0.2, 0.25) is 0 Å². The number of nitrogens with zero attached hydrogens (tertiary/aromatic N) is 1. The van der Waals surface area contributed by atoms with Gasteiger partial charge in [0.25, 0.3) is 5.91 Å². The van der Waals surface area contributed by atoms with Crippen molar-refractivity contribution < 1.29 is 14.3 Å². The van der Waals surface area contributed by atoms with Crippen LogP contribution in [0.3, 0.4) is 0 Å². The summed E-state index contributed by atoms with van der Waals surface area (Å²) in [4.78, 5) is 12.1. The maximum atomic E-state index is 12.1. The van der Waals surface area contributed by atoms with Gasteiger partial charge in [-0.2, -0.15) is 5.10 Å². The number of hydrogen-bond donors (Lipinski definition) is 1. The highest BCUT2D eigenvalue weighted by molar-refractivity contribution is 5.83. The molecule has 0 aliphatic carbocycles. The lowest BCUT2D eigenvalue weighted by Crippen LogP contribution is -2.24. The van der Waals surface area contributed by atoms with Crippen molar-refractivity contribution in [2.24, 2.45) is 5.10 Å². The number of hydrogen-bond acceptors (Lipinski definition) is 4. The summed E-state index contributed by atoms with van der Waals surface area (Å²) in [6.45, 7) is 2.63. The summed E-state index contributed by atoms with van der Waals surface area (Å²) in [7, 11) is 0. The van der Waals surface area contributed by atoms with E-state index < -0.39 is 0 Å². The van der Waals surface area contributed by atoms with Gasteiger partial charge in [-0.05, 0) is 47.9 Å². The van der Waals surface area contributed by atoms with E-state index in [1.807, 2.05) is 78.9 Å². The first-order chi connectivity index (χ1) is 14.3. The van der Waals surface area contributed by atoms with E-state index in [0.717, 1.165) is 28.9 Å². The Bertz CT molecular complexity index is 938. The quantitative estimate of drug-likeness (QED) is 0.428. The average Bonchev–Trinajstić information content (AvgIpc) is 2.78. The average molecular weight is 388 g/mol. The number of carbonyl (C=O) groups is 1. The third kappa shape index (κ3) is 6.21. The number of ether oxygens (including phenoxy) is 2. The third-order valence-electron chi connectivity index (χ3n) is 4.09. The van der Waals surface area contributed by atoms with Gasteiger partial charge >= 0.3 is 0 Å². The van der Waals surface area contributed by atoms with Crippen molar-refractivity contribution in [3.63, 3.8) is 0 Å². The van der Waals surface area contributed by atoms with Crippen molar-refractivity contribution in [1.82, 2.24) is 5.43 Å². The van der Waals surface area contributed by atoms with Crippen molar-refractivity contribution in [3.8, 4) is 22.6 Å². The first kappa shape index (κ1) is 20.1.